The number of benzene rings is 1. The summed E-state index contributed by atoms with van der Waals surface area (Å²) < 4.78 is 0. The van der Waals surface area contributed by atoms with Crippen molar-refractivity contribution >= 4 is 11.7 Å². The lowest BCUT2D eigenvalue weighted by Crippen LogP contribution is -2.49. The zero-order chi connectivity index (χ0) is 13.4. The van der Waals surface area contributed by atoms with Crippen molar-refractivity contribution in [3.63, 3.8) is 0 Å². The second-order valence-corrected chi connectivity index (χ2v) is 4.86. The Kier molecular flexibility index (Phi) is 2.74. The summed E-state index contributed by atoms with van der Waals surface area (Å²) in [4.78, 5) is 14.3. The fourth-order valence-electron chi connectivity index (χ4n) is 2.37. The van der Waals surface area contributed by atoms with Crippen LogP contribution in [0.2, 0.25) is 0 Å². The number of nitrogens with one attached hydrogen (secondary N) is 1. The molecule has 1 unspecified atom stereocenters. The van der Waals surface area contributed by atoms with Gasteiger partial charge in [-0.2, -0.15) is 5.10 Å². The number of nitrogens with zero attached hydrogens (tertiary/aromatic N) is 2. The first-order chi connectivity index (χ1) is 9.18. The van der Waals surface area contributed by atoms with Gasteiger partial charge >= 0.3 is 0 Å². The van der Waals surface area contributed by atoms with Crippen LogP contribution >= 0.6 is 0 Å². The molecule has 5 heteroatoms. The van der Waals surface area contributed by atoms with Crippen molar-refractivity contribution in [1.82, 2.24) is 15.1 Å². The summed E-state index contributed by atoms with van der Waals surface area (Å²) in [6.07, 6.45) is 1.05. The second-order valence-electron chi connectivity index (χ2n) is 4.86. The number of amides is 1. The topological polar surface area (TPSA) is 75.0 Å². The van der Waals surface area contributed by atoms with Crippen molar-refractivity contribution in [2.75, 3.05) is 12.3 Å². The number of nitrogen functional groups attached to an aromatic ring is 1. The van der Waals surface area contributed by atoms with Crippen LogP contribution in [0.5, 0.6) is 0 Å². The molecule has 1 aliphatic rings. The second kappa shape index (κ2) is 4.42. The van der Waals surface area contributed by atoms with E-state index >= 15 is 0 Å². The van der Waals surface area contributed by atoms with Gasteiger partial charge in [0, 0.05) is 12.6 Å². The third-order valence-electron chi connectivity index (χ3n) is 3.65. The Bertz CT molecular complexity index is 605. The molecule has 2 heterocycles. The molecule has 2 aromatic rings. The first-order valence-corrected chi connectivity index (χ1v) is 6.38. The van der Waals surface area contributed by atoms with Gasteiger partial charge in [0.15, 0.2) is 5.82 Å². The van der Waals surface area contributed by atoms with Crippen molar-refractivity contribution in [1.29, 1.82) is 0 Å². The summed E-state index contributed by atoms with van der Waals surface area (Å²) in [5.74, 6) is 0.338. The van der Waals surface area contributed by atoms with Crippen molar-refractivity contribution in [3.8, 4) is 11.1 Å². The van der Waals surface area contributed by atoms with E-state index in [1.165, 1.54) is 0 Å². The molecular formula is C14H16N4O. The fourth-order valence-corrected chi connectivity index (χ4v) is 2.37. The minimum Gasteiger partial charge on any atom is -0.382 e. The van der Waals surface area contributed by atoms with Crippen LogP contribution in [0.25, 0.3) is 11.1 Å². The summed E-state index contributed by atoms with van der Waals surface area (Å²) in [5, 5.41) is 6.76. The molecule has 1 fully saturated rings. The van der Waals surface area contributed by atoms with E-state index in [-0.39, 0.29) is 5.91 Å². The number of rotatable bonds is 2. The molecule has 1 saturated heterocycles. The molecule has 0 aliphatic carbocycles. The molecule has 98 valence electrons. The predicted octanol–water partition coefficient (Wildman–Crippen LogP) is 1.89. The summed E-state index contributed by atoms with van der Waals surface area (Å²) >= 11 is 0. The number of hydrogen-bond donors (Lipinski definition) is 2. The third kappa shape index (κ3) is 1.87. The van der Waals surface area contributed by atoms with Gasteiger partial charge in [-0.1, -0.05) is 30.3 Å². The Labute approximate surface area is 111 Å². The molecule has 5 nitrogen and oxygen atoms in total. The Morgan fingerprint density at radius 3 is 2.74 bits per heavy atom. The highest BCUT2D eigenvalue weighted by atomic mass is 16.2. The lowest BCUT2D eigenvalue weighted by Gasteiger charge is -2.38. The number of hydrogen-bond acceptors (Lipinski definition) is 3. The van der Waals surface area contributed by atoms with Gasteiger partial charge < -0.3 is 10.6 Å². The third-order valence-corrected chi connectivity index (χ3v) is 3.65. The molecule has 1 aliphatic heterocycles. The lowest BCUT2D eigenvalue weighted by molar-refractivity contribution is 0.0497. The van der Waals surface area contributed by atoms with Gasteiger partial charge in [0.05, 0.1) is 5.56 Å². The molecule has 0 bridgehead atoms. The maximum Gasteiger partial charge on any atom is 0.272 e. The van der Waals surface area contributed by atoms with Gasteiger partial charge in [-0.05, 0) is 18.9 Å². The van der Waals surface area contributed by atoms with Crippen LogP contribution in [-0.2, 0) is 0 Å². The van der Waals surface area contributed by atoms with Gasteiger partial charge in [0.1, 0.15) is 5.69 Å². The van der Waals surface area contributed by atoms with Gasteiger partial charge in [-0.15, -0.1) is 0 Å². The minimum atomic E-state index is -0.0261. The molecule has 3 N–H and O–H groups in total. The molecule has 0 spiro atoms. The molecular weight excluding hydrogens is 240 g/mol. The number of aromatic amines is 1. The standard InChI is InChI=1S/C14H16N4O/c1-9-7-8-18(9)14(19)12-11(13(15)17-16-12)10-5-3-2-4-6-10/h2-6,9H,7-8H2,1H3,(H3,15,16,17). The van der Waals surface area contributed by atoms with E-state index in [9.17, 15) is 4.79 Å². The minimum absolute atomic E-state index is 0.0261. The van der Waals surface area contributed by atoms with Crippen molar-refractivity contribution in [3.05, 3.63) is 36.0 Å². The number of carbonyl (C=O) groups is 1. The molecule has 0 radical (unpaired) electrons. The van der Waals surface area contributed by atoms with Gasteiger partial charge in [0.25, 0.3) is 5.91 Å². The Hall–Kier alpha value is -2.30. The fraction of sp³-hybridized carbons (Fsp3) is 0.286. The van der Waals surface area contributed by atoms with Crippen molar-refractivity contribution in [2.45, 2.75) is 19.4 Å². The van der Waals surface area contributed by atoms with E-state index < -0.39 is 0 Å². The van der Waals surface area contributed by atoms with E-state index in [2.05, 4.69) is 10.2 Å². The van der Waals surface area contributed by atoms with E-state index in [0.717, 1.165) is 18.5 Å². The molecule has 1 amide bonds. The Morgan fingerprint density at radius 2 is 2.16 bits per heavy atom. The van der Waals surface area contributed by atoms with Crippen molar-refractivity contribution < 1.29 is 4.79 Å². The number of H-pyrrole nitrogens is 1. The van der Waals surface area contributed by atoms with Crippen LogP contribution in [0.15, 0.2) is 30.3 Å². The van der Waals surface area contributed by atoms with Gasteiger partial charge in [0.2, 0.25) is 0 Å². The van der Waals surface area contributed by atoms with Crippen LogP contribution in [0.4, 0.5) is 5.82 Å². The first kappa shape index (κ1) is 11.8. The summed E-state index contributed by atoms with van der Waals surface area (Å²) in [6.45, 7) is 2.84. The van der Waals surface area contributed by atoms with Crippen LogP contribution in [0.1, 0.15) is 23.8 Å². The maximum absolute atomic E-state index is 12.4. The zero-order valence-electron chi connectivity index (χ0n) is 10.8. The highest BCUT2D eigenvalue weighted by molar-refractivity contribution is 6.02. The maximum atomic E-state index is 12.4. The average Bonchev–Trinajstić information content (AvgIpc) is 2.80. The number of aromatic nitrogens is 2. The number of nitrogens with two attached hydrogens (primary N) is 1. The van der Waals surface area contributed by atoms with Crippen LogP contribution in [0.3, 0.4) is 0 Å². The number of likely N-dealkylation sites (tertiary alicyclic amines) is 1. The average molecular weight is 256 g/mol. The Balaban J connectivity index is 2.02. The quantitative estimate of drug-likeness (QED) is 0.861. The molecule has 3 rings (SSSR count). The largest absolute Gasteiger partial charge is 0.382 e. The van der Waals surface area contributed by atoms with E-state index in [4.69, 9.17) is 5.73 Å². The number of anilines is 1. The van der Waals surface area contributed by atoms with Gasteiger partial charge in [-0.25, -0.2) is 0 Å². The predicted molar refractivity (Wildman–Crippen MR) is 73.6 cm³/mol. The highest BCUT2D eigenvalue weighted by Crippen LogP contribution is 2.30. The zero-order valence-corrected chi connectivity index (χ0v) is 10.8. The summed E-state index contributed by atoms with van der Waals surface area (Å²) in [7, 11) is 0. The van der Waals surface area contributed by atoms with E-state index in [1.54, 1.807) is 0 Å². The molecule has 1 aromatic carbocycles. The lowest BCUT2D eigenvalue weighted by atomic mass is 10.0. The van der Waals surface area contributed by atoms with Crippen LogP contribution < -0.4 is 5.73 Å². The molecule has 1 aromatic heterocycles. The smallest absolute Gasteiger partial charge is 0.272 e. The first-order valence-electron chi connectivity index (χ1n) is 6.38. The SMILES string of the molecule is CC1CCN1C(=O)c1[nH]nc(N)c1-c1ccccc1. The molecule has 0 saturated carbocycles. The normalized spacial score (nSPS) is 18.2. The monoisotopic (exact) mass is 256 g/mol. The van der Waals surface area contributed by atoms with E-state index in [0.29, 0.717) is 23.1 Å². The van der Waals surface area contributed by atoms with Gasteiger partial charge in [-0.3, -0.25) is 9.89 Å². The van der Waals surface area contributed by atoms with Crippen LogP contribution in [-0.4, -0.2) is 33.6 Å². The molecule has 19 heavy (non-hydrogen) atoms. The highest BCUT2D eigenvalue weighted by Gasteiger charge is 2.32. The molecule has 1 atom stereocenters. The van der Waals surface area contributed by atoms with Crippen molar-refractivity contribution in [2.24, 2.45) is 0 Å². The van der Waals surface area contributed by atoms with E-state index in [1.807, 2.05) is 42.2 Å². The summed E-state index contributed by atoms with van der Waals surface area (Å²) in [5.41, 5.74) is 7.98. The number of carbonyl (C=O) groups excluding carboxylic acids is 1. The summed E-state index contributed by atoms with van der Waals surface area (Å²) in [6, 6.07) is 9.92. The Morgan fingerprint density at radius 1 is 1.42 bits per heavy atom. The van der Waals surface area contributed by atoms with Crippen LogP contribution in [0, 0.1) is 0 Å².